The summed E-state index contributed by atoms with van der Waals surface area (Å²) in [5.74, 6) is -1.20. The van der Waals surface area contributed by atoms with Crippen molar-refractivity contribution in [3.63, 3.8) is 0 Å². The van der Waals surface area contributed by atoms with E-state index in [-0.39, 0.29) is 11.3 Å². The van der Waals surface area contributed by atoms with E-state index in [1.165, 1.54) is 28.1 Å². The molecule has 0 saturated heterocycles. The van der Waals surface area contributed by atoms with Crippen molar-refractivity contribution in [3.05, 3.63) is 81.7 Å². The summed E-state index contributed by atoms with van der Waals surface area (Å²) in [4.78, 5) is 41.2. The summed E-state index contributed by atoms with van der Waals surface area (Å²) in [6, 6.07) is 12.9. The van der Waals surface area contributed by atoms with Crippen LogP contribution in [0.25, 0.3) is 15.7 Å². The third-order valence-electron chi connectivity index (χ3n) is 3.97. The number of hydrogen-bond acceptors (Lipinski definition) is 6. The van der Waals surface area contributed by atoms with E-state index in [2.05, 4.69) is 4.98 Å². The minimum atomic E-state index is -0.864. The number of nitrogens with zero attached hydrogens (tertiary/aromatic N) is 2. The van der Waals surface area contributed by atoms with Gasteiger partial charge in [-0.3, -0.25) is 14.0 Å². The van der Waals surface area contributed by atoms with Gasteiger partial charge in [0.1, 0.15) is 5.56 Å². The van der Waals surface area contributed by atoms with Crippen LogP contribution in [-0.2, 0) is 4.74 Å². The van der Waals surface area contributed by atoms with Crippen molar-refractivity contribution in [1.29, 1.82) is 0 Å². The molecule has 0 aliphatic heterocycles. The number of rotatable bonds is 4. The van der Waals surface area contributed by atoms with Crippen LogP contribution in [-0.4, -0.2) is 27.7 Å². The van der Waals surface area contributed by atoms with Crippen LogP contribution in [0, 0.1) is 0 Å². The lowest BCUT2D eigenvalue weighted by Crippen LogP contribution is -2.24. The molecule has 0 saturated carbocycles. The minimum absolute atomic E-state index is 0.202. The Morgan fingerprint density at radius 1 is 1.12 bits per heavy atom. The Morgan fingerprint density at radius 2 is 1.92 bits per heavy atom. The van der Waals surface area contributed by atoms with Crippen molar-refractivity contribution in [2.45, 2.75) is 0 Å². The van der Waals surface area contributed by atoms with Gasteiger partial charge in [0.25, 0.3) is 5.56 Å². The van der Waals surface area contributed by atoms with Crippen molar-refractivity contribution in [2.75, 3.05) is 6.61 Å². The zero-order valence-electron chi connectivity index (χ0n) is 13.4. The van der Waals surface area contributed by atoms with E-state index >= 15 is 0 Å². The fraction of sp³-hybridized carbons (Fsp3) is 0.0526. The van der Waals surface area contributed by atoms with Gasteiger partial charge in [-0.1, -0.05) is 36.4 Å². The highest BCUT2D eigenvalue weighted by atomic mass is 32.1. The van der Waals surface area contributed by atoms with E-state index in [0.29, 0.717) is 10.5 Å². The molecule has 0 radical (unpaired) electrons. The molecule has 4 aromatic rings. The second-order valence-corrected chi connectivity index (χ2v) is 6.47. The van der Waals surface area contributed by atoms with Crippen LogP contribution >= 0.6 is 11.3 Å². The monoisotopic (exact) mass is 364 g/mol. The summed E-state index contributed by atoms with van der Waals surface area (Å²) in [7, 11) is 0. The molecule has 0 amide bonds. The van der Waals surface area contributed by atoms with Crippen LogP contribution in [0.3, 0.4) is 0 Å². The zero-order chi connectivity index (χ0) is 18.1. The van der Waals surface area contributed by atoms with Crippen molar-refractivity contribution in [2.24, 2.45) is 0 Å². The topological polar surface area (TPSA) is 77.7 Å². The third-order valence-corrected chi connectivity index (χ3v) is 4.74. The maximum Gasteiger partial charge on any atom is 0.345 e. The number of thiazole rings is 1. The summed E-state index contributed by atoms with van der Waals surface area (Å²) in [5, 5.41) is 3.64. The van der Waals surface area contributed by atoms with E-state index in [0.717, 1.165) is 10.8 Å². The maximum absolute atomic E-state index is 12.3. The van der Waals surface area contributed by atoms with Gasteiger partial charge in [-0.2, -0.15) is 0 Å². The number of Topliss-reactive ketones (excluding diaryl/α,β-unsaturated/α-hetero) is 1. The molecule has 0 N–H and O–H groups in total. The second kappa shape index (κ2) is 6.53. The molecule has 0 aliphatic rings. The van der Waals surface area contributed by atoms with Gasteiger partial charge in [0.05, 0.1) is 6.20 Å². The molecule has 0 aliphatic carbocycles. The average molecular weight is 364 g/mol. The molecule has 0 spiro atoms. The smallest absolute Gasteiger partial charge is 0.345 e. The van der Waals surface area contributed by atoms with Crippen molar-refractivity contribution in [3.8, 4) is 0 Å². The molecule has 2 aromatic heterocycles. The van der Waals surface area contributed by atoms with Crippen molar-refractivity contribution < 1.29 is 14.3 Å². The summed E-state index contributed by atoms with van der Waals surface area (Å²) in [6.45, 7) is -0.442. The first-order valence-corrected chi connectivity index (χ1v) is 8.65. The lowest BCUT2D eigenvalue weighted by Gasteiger charge is -2.05. The summed E-state index contributed by atoms with van der Waals surface area (Å²) in [5.41, 5.74) is -0.272. The molecule has 2 aromatic carbocycles. The number of carbonyl (C=O) groups excluding carboxylic acids is 2. The molecule has 26 heavy (non-hydrogen) atoms. The second-order valence-electron chi connectivity index (χ2n) is 5.59. The lowest BCUT2D eigenvalue weighted by molar-refractivity contribution is 0.0472. The predicted molar refractivity (Wildman–Crippen MR) is 97.9 cm³/mol. The first kappa shape index (κ1) is 16.2. The Morgan fingerprint density at radius 3 is 2.77 bits per heavy atom. The van der Waals surface area contributed by atoms with E-state index < -0.39 is 18.1 Å². The highest BCUT2D eigenvalue weighted by molar-refractivity contribution is 7.15. The Balaban J connectivity index is 1.51. The SMILES string of the molecule is O=C(COC(=O)c1cnc2sccn2c1=O)c1ccc2ccccc2c1. The van der Waals surface area contributed by atoms with Crippen LogP contribution in [0.4, 0.5) is 0 Å². The van der Waals surface area contributed by atoms with Crippen LogP contribution in [0.2, 0.25) is 0 Å². The van der Waals surface area contributed by atoms with Gasteiger partial charge in [-0.15, -0.1) is 11.3 Å². The van der Waals surface area contributed by atoms with Crippen molar-refractivity contribution in [1.82, 2.24) is 9.38 Å². The van der Waals surface area contributed by atoms with Crippen LogP contribution in [0.15, 0.2) is 65.0 Å². The number of fused-ring (bicyclic) bond motifs is 2. The quantitative estimate of drug-likeness (QED) is 0.411. The molecular formula is C19H12N2O4S. The number of carbonyl (C=O) groups is 2. The molecule has 0 bridgehead atoms. The molecule has 0 fully saturated rings. The van der Waals surface area contributed by atoms with E-state index in [9.17, 15) is 14.4 Å². The van der Waals surface area contributed by atoms with E-state index in [4.69, 9.17) is 4.74 Å². The molecule has 128 valence electrons. The Labute approximate surface area is 151 Å². The molecule has 6 nitrogen and oxygen atoms in total. The molecular weight excluding hydrogens is 352 g/mol. The van der Waals surface area contributed by atoms with Crippen LogP contribution in [0.5, 0.6) is 0 Å². The largest absolute Gasteiger partial charge is 0.454 e. The Hall–Kier alpha value is -3.32. The fourth-order valence-corrected chi connectivity index (χ4v) is 3.29. The van der Waals surface area contributed by atoms with Gasteiger partial charge >= 0.3 is 5.97 Å². The average Bonchev–Trinajstić information content (AvgIpc) is 3.15. The van der Waals surface area contributed by atoms with Gasteiger partial charge in [0.15, 0.2) is 17.4 Å². The lowest BCUT2D eigenvalue weighted by atomic mass is 10.0. The number of ether oxygens (including phenoxy) is 1. The van der Waals surface area contributed by atoms with Crippen LogP contribution in [0.1, 0.15) is 20.7 Å². The van der Waals surface area contributed by atoms with E-state index in [1.807, 2.05) is 30.3 Å². The summed E-state index contributed by atoms with van der Waals surface area (Å²) >= 11 is 1.28. The Bertz CT molecular complexity index is 1210. The number of ketones is 1. The zero-order valence-corrected chi connectivity index (χ0v) is 14.2. The standard InChI is InChI=1S/C19H12N2O4S/c22-16(14-6-5-12-3-1-2-4-13(12)9-14)11-25-18(24)15-10-20-19-21(17(15)23)7-8-26-19/h1-10H,11H2. The van der Waals surface area contributed by atoms with Gasteiger partial charge < -0.3 is 4.74 Å². The highest BCUT2D eigenvalue weighted by Crippen LogP contribution is 2.16. The molecule has 7 heteroatoms. The fourth-order valence-electron chi connectivity index (χ4n) is 2.62. The summed E-state index contributed by atoms with van der Waals surface area (Å²) in [6.07, 6.45) is 2.71. The van der Waals surface area contributed by atoms with E-state index in [1.54, 1.807) is 17.5 Å². The molecule has 4 rings (SSSR count). The van der Waals surface area contributed by atoms with Gasteiger partial charge in [-0.25, -0.2) is 9.78 Å². The maximum atomic E-state index is 12.3. The summed E-state index contributed by atoms with van der Waals surface area (Å²) < 4.78 is 6.29. The number of aromatic nitrogens is 2. The van der Waals surface area contributed by atoms with Crippen LogP contribution < -0.4 is 5.56 Å². The third kappa shape index (κ3) is 2.89. The Kier molecular flexibility index (Phi) is 4.06. The highest BCUT2D eigenvalue weighted by Gasteiger charge is 2.17. The molecule has 2 heterocycles. The normalized spacial score (nSPS) is 10.9. The molecule has 0 atom stereocenters. The number of esters is 1. The first-order chi connectivity index (χ1) is 12.6. The van der Waals surface area contributed by atoms with Gasteiger partial charge in [0, 0.05) is 17.1 Å². The van der Waals surface area contributed by atoms with Crippen molar-refractivity contribution >= 4 is 38.8 Å². The predicted octanol–water partition coefficient (Wildman–Crippen LogP) is 2.95. The first-order valence-electron chi connectivity index (χ1n) is 7.77. The molecule has 0 unspecified atom stereocenters. The number of benzene rings is 2. The minimum Gasteiger partial charge on any atom is -0.454 e. The van der Waals surface area contributed by atoms with Gasteiger partial charge in [0.2, 0.25) is 0 Å². The van der Waals surface area contributed by atoms with Gasteiger partial charge in [-0.05, 0) is 16.8 Å². The number of hydrogen-bond donors (Lipinski definition) is 0.